The summed E-state index contributed by atoms with van der Waals surface area (Å²) in [5.74, 6) is -0.420. The molecule has 0 radical (unpaired) electrons. The largest absolute Gasteiger partial charge is 0.398 e. The van der Waals surface area contributed by atoms with Gasteiger partial charge in [-0.15, -0.1) is 0 Å². The number of nitriles is 1. The Balaban J connectivity index is 2.63. The van der Waals surface area contributed by atoms with Gasteiger partial charge in [0.2, 0.25) is 0 Å². The summed E-state index contributed by atoms with van der Waals surface area (Å²) in [7, 11) is 1.75. The molecule has 1 unspecified atom stereocenters. The van der Waals surface area contributed by atoms with Gasteiger partial charge in [-0.25, -0.2) is 4.39 Å². The maximum atomic E-state index is 14.2. The number of nitrogen functional groups attached to an aromatic ring is 1. The fourth-order valence-electron chi connectivity index (χ4n) is 2.05. The number of pyridine rings is 1. The number of hydrogen-bond donors (Lipinski definition) is 1. The Hall–Kier alpha value is -2.35. The van der Waals surface area contributed by atoms with Crippen LogP contribution in [-0.4, -0.2) is 18.1 Å². The van der Waals surface area contributed by atoms with E-state index in [0.29, 0.717) is 23.3 Å². The molecule has 1 aromatic carbocycles. The third-order valence-corrected chi connectivity index (χ3v) is 3.25. The molecule has 0 aliphatic rings. The summed E-state index contributed by atoms with van der Waals surface area (Å²) in [6.45, 7) is 1.87. The molecule has 0 saturated carbocycles. The van der Waals surface area contributed by atoms with Crippen LogP contribution in [0.2, 0.25) is 0 Å². The third-order valence-electron chi connectivity index (χ3n) is 3.25. The third kappa shape index (κ3) is 2.29. The molecule has 0 bridgehead atoms. The van der Waals surface area contributed by atoms with Gasteiger partial charge in [0.05, 0.1) is 23.7 Å². The van der Waals surface area contributed by atoms with E-state index in [2.05, 4.69) is 11.1 Å². The number of halogens is 1. The summed E-state index contributed by atoms with van der Waals surface area (Å²) in [5, 5.41) is 9.47. The topological polar surface area (TPSA) is 65.9 Å². The van der Waals surface area contributed by atoms with E-state index in [1.807, 2.05) is 13.0 Å². The second-order valence-corrected chi connectivity index (χ2v) is 4.52. The number of nitrogens with two attached hydrogens (primary N) is 1. The van der Waals surface area contributed by atoms with Crippen molar-refractivity contribution in [3.63, 3.8) is 0 Å². The quantitative estimate of drug-likeness (QED) is 0.859. The lowest BCUT2D eigenvalue weighted by Crippen LogP contribution is -2.29. The maximum absolute atomic E-state index is 14.2. The van der Waals surface area contributed by atoms with E-state index in [1.54, 1.807) is 24.2 Å². The van der Waals surface area contributed by atoms with Crippen LogP contribution in [0.25, 0.3) is 10.9 Å². The molecule has 0 spiro atoms. The minimum absolute atomic E-state index is 0.103. The van der Waals surface area contributed by atoms with Gasteiger partial charge in [0.15, 0.2) is 5.82 Å². The fourth-order valence-corrected chi connectivity index (χ4v) is 2.05. The van der Waals surface area contributed by atoms with Gasteiger partial charge in [-0.3, -0.25) is 4.98 Å². The van der Waals surface area contributed by atoms with Crippen LogP contribution in [-0.2, 0) is 0 Å². The van der Waals surface area contributed by atoms with Gasteiger partial charge < -0.3 is 10.6 Å². The summed E-state index contributed by atoms with van der Waals surface area (Å²) in [5.41, 5.74) is 7.08. The number of benzene rings is 1. The summed E-state index contributed by atoms with van der Waals surface area (Å²) in [6.07, 6.45) is 1.92. The Morgan fingerprint density at radius 1 is 1.58 bits per heavy atom. The number of nitrogens with zero attached hydrogens (tertiary/aromatic N) is 3. The first kappa shape index (κ1) is 13.1. The minimum Gasteiger partial charge on any atom is -0.398 e. The van der Waals surface area contributed by atoms with Crippen LogP contribution in [0.4, 0.5) is 15.8 Å². The van der Waals surface area contributed by atoms with Crippen LogP contribution in [0.3, 0.4) is 0 Å². The van der Waals surface area contributed by atoms with Crippen LogP contribution in [0, 0.1) is 17.1 Å². The molecule has 2 aromatic rings. The molecule has 0 amide bonds. The number of anilines is 2. The van der Waals surface area contributed by atoms with Crippen molar-refractivity contribution < 1.29 is 4.39 Å². The van der Waals surface area contributed by atoms with Crippen molar-refractivity contribution in [1.29, 1.82) is 5.26 Å². The molecule has 0 fully saturated rings. The van der Waals surface area contributed by atoms with Crippen molar-refractivity contribution in [3.05, 3.63) is 30.2 Å². The van der Waals surface area contributed by atoms with E-state index < -0.39 is 5.82 Å². The Kier molecular flexibility index (Phi) is 3.52. The lowest BCUT2D eigenvalue weighted by molar-refractivity contribution is 0.610. The van der Waals surface area contributed by atoms with Gasteiger partial charge in [0, 0.05) is 30.4 Å². The van der Waals surface area contributed by atoms with Crippen molar-refractivity contribution in [2.75, 3.05) is 17.7 Å². The average molecular weight is 258 g/mol. The standard InChI is InChI=1S/C14H15FN4/c1-9(5-6-16)19(2)14-11(15)8-12(17)10-4-3-7-18-13(10)14/h3-4,7-9H,5,17H2,1-2H3. The summed E-state index contributed by atoms with van der Waals surface area (Å²) < 4.78 is 14.2. The fraction of sp³-hybridized carbons (Fsp3) is 0.286. The number of hydrogen-bond acceptors (Lipinski definition) is 4. The molecule has 19 heavy (non-hydrogen) atoms. The van der Waals surface area contributed by atoms with E-state index in [1.165, 1.54) is 6.07 Å². The van der Waals surface area contributed by atoms with Crippen molar-refractivity contribution in [2.45, 2.75) is 19.4 Å². The van der Waals surface area contributed by atoms with Crippen LogP contribution in [0.1, 0.15) is 13.3 Å². The SMILES string of the molecule is CC(CC#N)N(C)c1c(F)cc(N)c2cccnc12. The molecule has 1 atom stereocenters. The smallest absolute Gasteiger partial charge is 0.150 e. The minimum atomic E-state index is -0.420. The van der Waals surface area contributed by atoms with Gasteiger partial charge in [-0.1, -0.05) is 0 Å². The highest BCUT2D eigenvalue weighted by Crippen LogP contribution is 2.32. The second-order valence-electron chi connectivity index (χ2n) is 4.52. The highest BCUT2D eigenvalue weighted by atomic mass is 19.1. The van der Waals surface area contributed by atoms with E-state index in [4.69, 9.17) is 11.0 Å². The molecule has 2 N–H and O–H groups in total. The lowest BCUT2D eigenvalue weighted by Gasteiger charge is -2.26. The number of fused-ring (bicyclic) bond motifs is 1. The summed E-state index contributed by atoms with van der Waals surface area (Å²) in [6, 6.07) is 6.86. The highest BCUT2D eigenvalue weighted by Gasteiger charge is 2.19. The van der Waals surface area contributed by atoms with Gasteiger partial charge in [-0.05, 0) is 25.1 Å². The van der Waals surface area contributed by atoms with Crippen molar-refractivity contribution in [3.8, 4) is 6.07 Å². The van der Waals surface area contributed by atoms with E-state index in [0.717, 1.165) is 5.39 Å². The molecular weight excluding hydrogens is 243 g/mol. The van der Waals surface area contributed by atoms with E-state index in [-0.39, 0.29) is 6.04 Å². The first-order valence-electron chi connectivity index (χ1n) is 5.98. The average Bonchev–Trinajstić information content (AvgIpc) is 2.39. The first-order valence-corrected chi connectivity index (χ1v) is 5.98. The van der Waals surface area contributed by atoms with Gasteiger partial charge in [0.25, 0.3) is 0 Å². The Morgan fingerprint density at radius 3 is 3.00 bits per heavy atom. The normalized spacial score (nSPS) is 12.1. The van der Waals surface area contributed by atoms with Crippen molar-refractivity contribution >= 4 is 22.3 Å². The van der Waals surface area contributed by atoms with Gasteiger partial charge >= 0.3 is 0 Å². The van der Waals surface area contributed by atoms with E-state index in [9.17, 15) is 4.39 Å². The van der Waals surface area contributed by atoms with Crippen molar-refractivity contribution in [2.24, 2.45) is 0 Å². The van der Waals surface area contributed by atoms with Crippen LogP contribution in [0.5, 0.6) is 0 Å². The van der Waals surface area contributed by atoms with Crippen LogP contribution >= 0.6 is 0 Å². The molecule has 5 heteroatoms. The molecule has 98 valence electrons. The van der Waals surface area contributed by atoms with Gasteiger partial charge in [0.1, 0.15) is 0 Å². The van der Waals surface area contributed by atoms with E-state index >= 15 is 0 Å². The molecular formula is C14H15FN4. The highest BCUT2D eigenvalue weighted by molar-refractivity contribution is 5.98. The zero-order chi connectivity index (χ0) is 14.0. The zero-order valence-electron chi connectivity index (χ0n) is 10.9. The van der Waals surface area contributed by atoms with Gasteiger partial charge in [-0.2, -0.15) is 5.26 Å². The number of aromatic nitrogens is 1. The molecule has 0 saturated heterocycles. The number of rotatable bonds is 3. The van der Waals surface area contributed by atoms with Crippen LogP contribution in [0.15, 0.2) is 24.4 Å². The lowest BCUT2D eigenvalue weighted by atomic mass is 10.1. The second kappa shape index (κ2) is 5.11. The molecule has 4 nitrogen and oxygen atoms in total. The molecule has 0 aliphatic heterocycles. The van der Waals surface area contributed by atoms with Crippen LogP contribution < -0.4 is 10.6 Å². The predicted molar refractivity (Wildman–Crippen MR) is 74.2 cm³/mol. The molecule has 2 rings (SSSR count). The first-order chi connectivity index (χ1) is 9.06. The van der Waals surface area contributed by atoms with Crippen molar-refractivity contribution in [1.82, 2.24) is 4.98 Å². The Morgan fingerprint density at radius 2 is 2.32 bits per heavy atom. The molecule has 1 aromatic heterocycles. The zero-order valence-corrected chi connectivity index (χ0v) is 10.9. The maximum Gasteiger partial charge on any atom is 0.150 e. The Bertz CT molecular complexity index is 648. The molecule has 0 aliphatic carbocycles. The summed E-state index contributed by atoms with van der Waals surface area (Å²) in [4.78, 5) is 5.95. The monoisotopic (exact) mass is 258 g/mol. The Labute approximate surface area is 111 Å². The predicted octanol–water partition coefficient (Wildman–Crippen LogP) is 2.69. The summed E-state index contributed by atoms with van der Waals surface area (Å²) >= 11 is 0. The molecule has 1 heterocycles.